The Hall–Kier alpha value is -1.79. The molecule has 0 saturated heterocycles. The highest BCUT2D eigenvalue weighted by atomic mass is 79.9. The van der Waals surface area contributed by atoms with Crippen LogP contribution in [0, 0.1) is 5.82 Å². The Morgan fingerprint density at radius 3 is 2.70 bits per heavy atom. The molecular formula is C13H9BrClFN2O2. The molecule has 4 nitrogen and oxygen atoms in total. The second kappa shape index (κ2) is 6.11. The van der Waals surface area contributed by atoms with Gasteiger partial charge in [0.1, 0.15) is 17.3 Å². The molecule has 0 saturated carbocycles. The number of hydrogen-bond acceptors (Lipinski definition) is 3. The molecule has 0 radical (unpaired) electrons. The summed E-state index contributed by atoms with van der Waals surface area (Å²) in [5.74, 6) is -0.160. The fourth-order valence-electron chi connectivity index (χ4n) is 1.52. The van der Waals surface area contributed by atoms with Crippen LogP contribution in [0.5, 0.6) is 11.5 Å². The van der Waals surface area contributed by atoms with Crippen molar-refractivity contribution in [3.05, 3.63) is 57.3 Å². The number of halogens is 3. The number of benzene rings is 2. The second-order valence-electron chi connectivity index (χ2n) is 3.78. The molecular weight excluding hydrogens is 351 g/mol. The average molecular weight is 360 g/mol. The van der Waals surface area contributed by atoms with E-state index in [9.17, 15) is 4.39 Å². The molecule has 0 aliphatic carbocycles. The van der Waals surface area contributed by atoms with Crippen molar-refractivity contribution in [2.24, 2.45) is 10.9 Å². The number of hydrogen-bond donors (Lipinski definition) is 2. The van der Waals surface area contributed by atoms with E-state index in [0.717, 1.165) is 6.07 Å². The maximum atomic E-state index is 13.5. The quantitative estimate of drug-likeness (QED) is 0.285. The van der Waals surface area contributed by atoms with Gasteiger partial charge in [-0.15, -0.1) is 0 Å². The highest BCUT2D eigenvalue weighted by Crippen LogP contribution is 2.34. The number of rotatable bonds is 3. The van der Waals surface area contributed by atoms with Crippen LogP contribution in [0.1, 0.15) is 5.56 Å². The van der Waals surface area contributed by atoms with Crippen LogP contribution >= 0.6 is 27.5 Å². The molecule has 0 spiro atoms. The summed E-state index contributed by atoms with van der Waals surface area (Å²) in [5.41, 5.74) is 5.94. The van der Waals surface area contributed by atoms with Gasteiger partial charge in [0, 0.05) is 6.07 Å². The minimum atomic E-state index is -0.605. The van der Waals surface area contributed by atoms with Gasteiger partial charge in [-0.2, -0.15) is 0 Å². The van der Waals surface area contributed by atoms with Crippen molar-refractivity contribution >= 4 is 33.4 Å². The fraction of sp³-hybridized carbons (Fsp3) is 0. The molecule has 0 aliphatic rings. The Labute approximate surface area is 127 Å². The van der Waals surface area contributed by atoms with Gasteiger partial charge < -0.3 is 15.7 Å². The summed E-state index contributed by atoms with van der Waals surface area (Å²) in [6, 6.07) is 9.19. The predicted octanol–water partition coefficient (Wildman–Crippen LogP) is 4.13. The molecule has 0 amide bonds. The maximum absolute atomic E-state index is 13.5. The highest BCUT2D eigenvalue weighted by molar-refractivity contribution is 9.10. The van der Waals surface area contributed by atoms with Gasteiger partial charge in [0.15, 0.2) is 5.84 Å². The summed E-state index contributed by atoms with van der Waals surface area (Å²) >= 11 is 8.89. The van der Waals surface area contributed by atoms with Crippen LogP contribution in [0.25, 0.3) is 0 Å². The Bertz CT molecular complexity index is 679. The van der Waals surface area contributed by atoms with E-state index in [0.29, 0.717) is 15.8 Å². The molecule has 0 bridgehead atoms. The van der Waals surface area contributed by atoms with Gasteiger partial charge in [0.25, 0.3) is 0 Å². The minimum Gasteiger partial charge on any atom is -0.455 e. The van der Waals surface area contributed by atoms with Gasteiger partial charge in [0.2, 0.25) is 0 Å². The lowest BCUT2D eigenvalue weighted by molar-refractivity contribution is 0.318. The molecule has 0 atom stereocenters. The minimum absolute atomic E-state index is 0.0195. The van der Waals surface area contributed by atoms with Crippen molar-refractivity contribution in [1.29, 1.82) is 0 Å². The number of para-hydroxylation sites is 1. The van der Waals surface area contributed by atoms with E-state index in [1.165, 1.54) is 6.07 Å². The normalized spacial score (nSPS) is 11.4. The van der Waals surface area contributed by atoms with E-state index in [1.54, 1.807) is 24.3 Å². The third-order valence-electron chi connectivity index (χ3n) is 2.47. The molecule has 0 fully saturated rings. The monoisotopic (exact) mass is 358 g/mol. The standard InChI is InChI=1S/C13H9BrClFN2O2/c14-8-5-9(15)10(16)6-12(8)20-11-4-2-1-3-7(11)13(17)18-19/h1-6,19H,(H2,17,18). The molecule has 0 heterocycles. The van der Waals surface area contributed by atoms with Crippen LogP contribution in [0.4, 0.5) is 4.39 Å². The summed E-state index contributed by atoms with van der Waals surface area (Å²) < 4.78 is 19.5. The predicted molar refractivity (Wildman–Crippen MR) is 78.1 cm³/mol. The highest BCUT2D eigenvalue weighted by Gasteiger charge is 2.12. The summed E-state index contributed by atoms with van der Waals surface area (Å²) in [6.07, 6.45) is 0. The van der Waals surface area contributed by atoms with E-state index in [-0.39, 0.29) is 16.6 Å². The lowest BCUT2D eigenvalue weighted by atomic mass is 10.2. The number of oxime groups is 1. The van der Waals surface area contributed by atoms with Crippen LogP contribution < -0.4 is 10.5 Å². The second-order valence-corrected chi connectivity index (χ2v) is 5.04. The lowest BCUT2D eigenvalue weighted by Gasteiger charge is -2.12. The van der Waals surface area contributed by atoms with Crippen molar-refractivity contribution in [1.82, 2.24) is 0 Å². The number of amidine groups is 1. The van der Waals surface area contributed by atoms with E-state index in [2.05, 4.69) is 21.1 Å². The van der Waals surface area contributed by atoms with E-state index >= 15 is 0 Å². The first-order valence-corrected chi connectivity index (χ1v) is 6.59. The molecule has 0 aromatic heterocycles. The smallest absolute Gasteiger partial charge is 0.173 e. The summed E-state index contributed by atoms with van der Waals surface area (Å²) in [7, 11) is 0. The summed E-state index contributed by atoms with van der Waals surface area (Å²) in [6.45, 7) is 0. The van der Waals surface area contributed by atoms with Crippen molar-refractivity contribution in [2.45, 2.75) is 0 Å². The SMILES string of the molecule is N/C(=N/O)c1ccccc1Oc1cc(F)c(Cl)cc1Br. The maximum Gasteiger partial charge on any atom is 0.173 e. The van der Waals surface area contributed by atoms with Crippen LogP contribution in [-0.2, 0) is 0 Å². The van der Waals surface area contributed by atoms with Gasteiger partial charge in [-0.25, -0.2) is 4.39 Å². The summed E-state index contributed by atoms with van der Waals surface area (Å²) in [5, 5.41) is 11.6. The zero-order valence-corrected chi connectivity index (χ0v) is 12.3. The Morgan fingerprint density at radius 1 is 1.30 bits per heavy atom. The van der Waals surface area contributed by atoms with Crippen LogP contribution in [0.15, 0.2) is 46.0 Å². The van der Waals surface area contributed by atoms with Crippen LogP contribution in [-0.4, -0.2) is 11.0 Å². The first-order chi connectivity index (χ1) is 9.52. The molecule has 2 aromatic carbocycles. The topological polar surface area (TPSA) is 67.8 Å². The van der Waals surface area contributed by atoms with E-state index in [4.69, 9.17) is 27.3 Å². The third-order valence-corrected chi connectivity index (χ3v) is 3.37. The third kappa shape index (κ3) is 3.02. The van der Waals surface area contributed by atoms with E-state index in [1.807, 2.05) is 0 Å². The summed E-state index contributed by atoms with van der Waals surface area (Å²) in [4.78, 5) is 0. The molecule has 0 aliphatic heterocycles. The lowest BCUT2D eigenvalue weighted by Crippen LogP contribution is -2.14. The Kier molecular flexibility index (Phi) is 4.46. The Balaban J connectivity index is 2.43. The van der Waals surface area contributed by atoms with Gasteiger partial charge in [-0.05, 0) is 34.1 Å². The average Bonchev–Trinajstić information content (AvgIpc) is 2.44. The van der Waals surface area contributed by atoms with Crippen molar-refractivity contribution in [2.75, 3.05) is 0 Å². The van der Waals surface area contributed by atoms with E-state index < -0.39 is 5.82 Å². The van der Waals surface area contributed by atoms with Gasteiger partial charge in [-0.3, -0.25) is 0 Å². The van der Waals surface area contributed by atoms with Gasteiger partial charge in [-0.1, -0.05) is 28.9 Å². The zero-order chi connectivity index (χ0) is 14.7. The molecule has 3 N–H and O–H groups in total. The van der Waals surface area contributed by atoms with Crippen molar-refractivity contribution in [3.63, 3.8) is 0 Å². The first kappa shape index (κ1) is 14.6. The zero-order valence-electron chi connectivity index (χ0n) is 9.98. The first-order valence-electron chi connectivity index (χ1n) is 5.42. The van der Waals surface area contributed by atoms with Gasteiger partial charge >= 0.3 is 0 Å². The van der Waals surface area contributed by atoms with Crippen LogP contribution in [0.2, 0.25) is 5.02 Å². The molecule has 20 heavy (non-hydrogen) atoms. The molecule has 2 aromatic rings. The van der Waals surface area contributed by atoms with Crippen LogP contribution in [0.3, 0.4) is 0 Å². The Morgan fingerprint density at radius 2 is 2.00 bits per heavy atom. The van der Waals surface area contributed by atoms with Gasteiger partial charge in [0.05, 0.1) is 15.1 Å². The molecule has 104 valence electrons. The number of nitrogens with zero attached hydrogens (tertiary/aromatic N) is 1. The molecule has 7 heteroatoms. The van der Waals surface area contributed by atoms with Crippen molar-refractivity contribution < 1.29 is 14.3 Å². The fourth-order valence-corrected chi connectivity index (χ4v) is 2.24. The molecule has 2 rings (SSSR count). The number of nitrogens with two attached hydrogens (primary N) is 1. The largest absolute Gasteiger partial charge is 0.455 e. The molecule has 0 unspecified atom stereocenters. The number of ether oxygens (including phenoxy) is 1. The van der Waals surface area contributed by atoms with Crippen molar-refractivity contribution in [3.8, 4) is 11.5 Å².